The van der Waals surface area contributed by atoms with E-state index in [4.69, 9.17) is 17.3 Å². The maximum atomic E-state index is 12.7. The zero-order valence-electron chi connectivity index (χ0n) is 14.2. The summed E-state index contributed by atoms with van der Waals surface area (Å²) in [7, 11) is 0. The number of nitrogens with two attached hydrogens (primary N) is 1. The van der Waals surface area contributed by atoms with E-state index in [0.29, 0.717) is 25.2 Å². The van der Waals surface area contributed by atoms with Crippen molar-refractivity contribution in [3.05, 3.63) is 74.8 Å². The Bertz CT molecular complexity index is 813. The van der Waals surface area contributed by atoms with E-state index in [1.54, 1.807) is 6.07 Å². The third kappa shape index (κ3) is 3.86. The first-order valence-corrected chi connectivity index (χ1v) is 8.83. The van der Waals surface area contributed by atoms with Crippen LogP contribution in [0.3, 0.4) is 0 Å². The number of hydrogen-bond donors (Lipinski definition) is 1. The summed E-state index contributed by atoms with van der Waals surface area (Å²) in [5.41, 5.74) is 7.62. The molecular formula is C19H20ClN3O3. The minimum Gasteiger partial charge on any atom is -0.341 e. The first-order valence-electron chi connectivity index (χ1n) is 8.45. The molecule has 6 nitrogen and oxygen atoms in total. The molecule has 1 heterocycles. The predicted octanol–water partition coefficient (Wildman–Crippen LogP) is 2.99. The second-order valence-corrected chi connectivity index (χ2v) is 6.93. The fourth-order valence-electron chi connectivity index (χ4n) is 3.46. The van der Waals surface area contributed by atoms with Crippen LogP contribution in [-0.2, 0) is 11.2 Å². The fraction of sp³-hybridized carbons (Fsp3) is 0.316. The zero-order valence-corrected chi connectivity index (χ0v) is 14.9. The summed E-state index contributed by atoms with van der Waals surface area (Å²) in [6.45, 7) is 1.75. The van der Waals surface area contributed by atoms with E-state index >= 15 is 0 Å². The minimum atomic E-state index is -0.506. The van der Waals surface area contributed by atoms with Gasteiger partial charge < -0.3 is 10.6 Å². The first kappa shape index (κ1) is 18.4. The molecule has 1 fully saturated rings. The van der Waals surface area contributed by atoms with Crippen molar-refractivity contribution in [1.82, 2.24) is 4.90 Å². The van der Waals surface area contributed by atoms with Crippen molar-refractivity contribution >= 4 is 23.2 Å². The van der Waals surface area contributed by atoms with E-state index < -0.39 is 4.92 Å². The number of nitro benzene ring substituents is 1. The van der Waals surface area contributed by atoms with E-state index in [9.17, 15) is 14.9 Å². The van der Waals surface area contributed by atoms with Crippen LogP contribution in [0.1, 0.15) is 17.0 Å². The minimum absolute atomic E-state index is 0.0439. The molecule has 1 amide bonds. The van der Waals surface area contributed by atoms with Gasteiger partial charge in [0.1, 0.15) is 0 Å². The lowest BCUT2D eigenvalue weighted by Gasteiger charge is -2.17. The molecule has 2 aromatic carbocycles. The molecule has 1 saturated heterocycles. The monoisotopic (exact) mass is 373 g/mol. The van der Waals surface area contributed by atoms with Crippen molar-refractivity contribution in [1.29, 1.82) is 0 Å². The van der Waals surface area contributed by atoms with Crippen molar-refractivity contribution in [2.45, 2.75) is 12.3 Å². The molecule has 2 N–H and O–H groups in total. The van der Waals surface area contributed by atoms with Gasteiger partial charge in [-0.15, -0.1) is 0 Å². The van der Waals surface area contributed by atoms with Gasteiger partial charge in [-0.25, -0.2) is 0 Å². The van der Waals surface area contributed by atoms with E-state index in [1.165, 1.54) is 17.7 Å². The molecule has 0 bridgehead atoms. The number of benzene rings is 2. The lowest BCUT2D eigenvalue weighted by atomic mass is 9.89. The number of hydrogen-bond acceptors (Lipinski definition) is 4. The molecule has 0 saturated carbocycles. The molecular weight excluding hydrogens is 354 g/mol. The lowest BCUT2D eigenvalue weighted by molar-refractivity contribution is -0.384. The maximum Gasteiger partial charge on any atom is 0.270 e. The van der Waals surface area contributed by atoms with Crippen molar-refractivity contribution in [3.63, 3.8) is 0 Å². The normalized spacial score (nSPS) is 19.5. The number of amides is 1. The third-order valence-corrected chi connectivity index (χ3v) is 5.27. The molecule has 0 radical (unpaired) electrons. The van der Waals surface area contributed by atoms with Crippen LogP contribution in [0, 0.1) is 16.0 Å². The van der Waals surface area contributed by atoms with Gasteiger partial charge in [0.15, 0.2) is 0 Å². The Morgan fingerprint density at radius 2 is 1.96 bits per heavy atom. The molecule has 1 aliphatic heterocycles. The average Bonchev–Trinajstić information content (AvgIpc) is 3.08. The largest absolute Gasteiger partial charge is 0.341 e. The van der Waals surface area contributed by atoms with Crippen molar-refractivity contribution in [3.8, 4) is 0 Å². The Hall–Kier alpha value is -2.44. The number of rotatable bonds is 5. The van der Waals surface area contributed by atoms with Crippen LogP contribution in [0.25, 0.3) is 0 Å². The molecule has 3 rings (SSSR count). The first-order chi connectivity index (χ1) is 12.5. The van der Waals surface area contributed by atoms with E-state index in [2.05, 4.69) is 12.1 Å². The zero-order chi connectivity index (χ0) is 18.7. The Balaban J connectivity index is 1.72. The molecule has 0 aromatic heterocycles. The van der Waals surface area contributed by atoms with Crippen LogP contribution in [0.5, 0.6) is 0 Å². The molecule has 2 atom stereocenters. The highest BCUT2D eigenvalue weighted by molar-refractivity contribution is 6.31. The fourth-order valence-corrected chi connectivity index (χ4v) is 3.70. The summed E-state index contributed by atoms with van der Waals surface area (Å²) >= 11 is 6.11. The maximum absolute atomic E-state index is 12.7. The number of likely N-dealkylation sites (tertiary alicyclic amines) is 1. The van der Waals surface area contributed by atoms with Crippen molar-refractivity contribution < 1.29 is 9.72 Å². The van der Waals surface area contributed by atoms with Crippen LogP contribution in [-0.4, -0.2) is 35.4 Å². The van der Waals surface area contributed by atoms with Crippen LogP contribution in [0.4, 0.5) is 5.69 Å². The van der Waals surface area contributed by atoms with E-state index in [0.717, 1.165) is 0 Å². The summed E-state index contributed by atoms with van der Waals surface area (Å²) < 4.78 is 0. The Kier molecular flexibility index (Phi) is 5.54. The van der Waals surface area contributed by atoms with Gasteiger partial charge in [-0.05, 0) is 23.6 Å². The quantitative estimate of drug-likeness (QED) is 0.644. The Labute approximate surface area is 156 Å². The van der Waals surface area contributed by atoms with Crippen LogP contribution in [0.15, 0.2) is 48.5 Å². The molecule has 0 unspecified atom stereocenters. The Morgan fingerprint density at radius 3 is 2.58 bits per heavy atom. The van der Waals surface area contributed by atoms with Crippen LogP contribution >= 0.6 is 11.6 Å². The van der Waals surface area contributed by atoms with Gasteiger partial charge in [0.05, 0.1) is 16.4 Å². The van der Waals surface area contributed by atoms with Crippen LogP contribution < -0.4 is 5.73 Å². The van der Waals surface area contributed by atoms with Crippen molar-refractivity contribution in [2.75, 3.05) is 19.6 Å². The molecule has 0 spiro atoms. The highest BCUT2D eigenvalue weighted by Gasteiger charge is 2.35. The average molecular weight is 374 g/mol. The second-order valence-electron chi connectivity index (χ2n) is 6.52. The van der Waals surface area contributed by atoms with Gasteiger partial charge in [0, 0.05) is 31.1 Å². The Morgan fingerprint density at radius 1 is 1.23 bits per heavy atom. The highest BCUT2D eigenvalue weighted by Crippen LogP contribution is 2.32. The number of non-ortho nitro benzene ring substituents is 1. The SMILES string of the molecule is NC[C@@H]1CN(C(=O)Cc2ccc([N+](=O)[O-])cc2Cl)C[C@H]1c1ccccc1. The summed E-state index contributed by atoms with van der Waals surface area (Å²) in [5, 5.41) is 11.0. The van der Waals surface area contributed by atoms with E-state index in [1.807, 2.05) is 23.1 Å². The third-order valence-electron chi connectivity index (χ3n) is 4.91. The number of nitro groups is 1. The molecule has 136 valence electrons. The van der Waals surface area contributed by atoms with Gasteiger partial charge in [0.25, 0.3) is 5.69 Å². The van der Waals surface area contributed by atoms with Gasteiger partial charge in [0.2, 0.25) is 5.91 Å². The smallest absolute Gasteiger partial charge is 0.270 e. The molecule has 0 aliphatic carbocycles. The number of carbonyl (C=O) groups excluding carboxylic acids is 1. The van der Waals surface area contributed by atoms with E-state index in [-0.39, 0.29) is 34.9 Å². The van der Waals surface area contributed by atoms with Gasteiger partial charge in [-0.2, -0.15) is 0 Å². The summed E-state index contributed by atoms with van der Waals surface area (Å²) in [5.74, 6) is 0.392. The van der Waals surface area contributed by atoms with Gasteiger partial charge in [-0.1, -0.05) is 48.0 Å². The summed E-state index contributed by atoms with van der Waals surface area (Å²) in [6, 6.07) is 14.3. The van der Waals surface area contributed by atoms with Crippen molar-refractivity contribution in [2.24, 2.45) is 11.7 Å². The number of halogens is 1. The number of carbonyl (C=O) groups is 1. The number of nitrogens with zero attached hydrogens (tertiary/aromatic N) is 2. The van der Waals surface area contributed by atoms with Gasteiger partial charge in [-0.3, -0.25) is 14.9 Å². The highest BCUT2D eigenvalue weighted by atomic mass is 35.5. The van der Waals surface area contributed by atoms with Gasteiger partial charge >= 0.3 is 0 Å². The molecule has 1 aliphatic rings. The topological polar surface area (TPSA) is 89.5 Å². The predicted molar refractivity (Wildman–Crippen MR) is 100 cm³/mol. The molecule has 7 heteroatoms. The van der Waals surface area contributed by atoms with Crippen LogP contribution in [0.2, 0.25) is 5.02 Å². The molecule has 26 heavy (non-hydrogen) atoms. The lowest BCUT2D eigenvalue weighted by Crippen LogP contribution is -2.31. The summed E-state index contributed by atoms with van der Waals surface area (Å²) in [6.07, 6.45) is 0.121. The summed E-state index contributed by atoms with van der Waals surface area (Å²) in [4.78, 5) is 24.8. The molecule has 2 aromatic rings. The standard InChI is InChI=1S/C19H20ClN3O3/c20-18-9-16(23(25)26)7-6-14(18)8-19(24)22-11-15(10-21)17(12-22)13-4-2-1-3-5-13/h1-7,9,15,17H,8,10-12,21H2/t15-,17+/m1/s1. The second kappa shape index (κ2) is 7.85.